The van der Waals surface area contributed by atoms with Crippen LogP contribution in [0.1, 0.15) is 48.6 Å². The van der Waals surface area contributed by atoms with E-state index in [1.165, 1.54) is 12.7 Å². The molecular weight excluding hydrogens is 314 g/mol. The number of benzene rings is 2. The second-order valence-electron chi connectivity index (χ2n) is 6.33. The molecule has 0 aliphatic carbocycles. The molecule has 2 aromatic rings. The highest BCUT2D eigenvalue weighted by Crippen LogP contribution is 2.28. The van der Waals surface area contributed by atoms with E-state index in [-0.39, 0.29) is 12.0 Å². The first kappa shape index (κ1) is 19.0. The highest BCUT2D eigenvalue weighted by atomic mass is 16.5. The predicted octanol–water partition coefficient (Wildman–Crippen LogP) is 4.48. The van der Waals surface area contributed by atoms with E-state index in [2.05, 4.69) is 13.0 Å². The monoisotopic (exact) mass is 341 g/mol. The molecule has 0 radical (unpaired) electrons. The maximum atomic E-state index is 11.4. The van der Waals surface area contributed by atoms with Gasteiger partial charge in [0, 0.05) is 12.5 Å². The quantitative estimate of drug-likeness (QED) is 0.755. The summed E-state index contributed by atoms with van der Waals surface area (Å²) in [5.74, 6) is 1.39. The van der Waals surface area contributed by atoms with E-state index >= 15 is 0 Å². The van der Waals surface area contributed by atoms with E-state index in [4.69, 9.17) is 15.2 Å². The van der Waals surface area contributed by atoms with Gasteiger partial charge in [0.2, 0.25) is 0 Å². The summed E-state index contributed by atoms with van der Waals surface area (Å²) in [4.78, 5) is 11.4. The lowest BCUT2D eigenvalue weighted by Crippen LogP contribution is -2.05. The molecule has 2 rings (SSSR count). The Kier molecular flexibility index (Phi) is 6.59. The average molecular weight is 341 g/mol. The van der Waals surface area contributed by atoms with Gasteiger partial charge in [-0.2, -0.15) is 0 Å². The van der Waals surface area contributed by atoms with E-state index in [9.17, 15) is 4.79 Å². The maximum absolute atomic E-state index is 11.4. The molecule has 4 heteroatoms. The number of methoxy groups -OCH3 is 1. The standard InChI is InChI=1S/C21H27NO3/c1-5-16-12-19(8-6-17(16)7-9-21(23)24-4)25-20-11-14(2)10-18(13-20)15(3)22/h6,8,10-13,15H,5,7,9,22H2,1-4H3/t15-/m1/s1. The highest BCUT2D eigenvalue weighted by molar-refractivity contribution is 5.69. The minimum Gasteiger partial charge on any atom is -0.469 e. The van der Waals surface area contributed by atoms with Crippen molar-refractivity contribution in [1.82, 2.24) is 0 Å². The Hall–Kier alpha value is -2.33. The topological polar surface area (TPSA) is 61.5 Å². The highest BCUT2D eigenvalue weighted by Gasteiger charge is 2.09. The fourth-order valence-corrected chi connectivity index (χ4v) is 2.81. The lowest BCUT2D eigenvalue weighted by molar-refractivity contribution is -0.140. The summed E-state index contributed by atoms with van der Waals surface area (Å²) in [6, 6.07) is 12.0. The first-order valence-corrected chi connectivity index (χ1v) is 8.66. The normalized spacial score (nSPS) is 11.9. The number of carbonyl (C=O) groups is 1. The second-order valence-corrected chi connectivity index (χ2v) is 6.33. The first-order chi connectivity index (χ1) is 11.9. The molecule has 2 N–H and O–H groups in total. The molecule has 0 amide bonds. The Morgan fingerprint density at radius 2 is 1.88 bits per heavy atom. The molecule has 1 atom stereocenters. The Bertz CT molecular complexity index is 738. The van der Waals surface area contributed by atoms with E-state index in [1.807, 2.05) is 44.2 Å². The zero-order chi connectivity index (χ0) is 18.4. The van der Waals surface area contributed by atoms with Crippen LogP contribution in [0.5, 0.6) is 11.5 Å². The van der Waals surface area contributed by atoms with Crippen LogP contribution in [0.4, 0.5) is 0 Å². The summed E-state index contributed by atoms with van der Waals surface area (Å²) in [5, 5.41) is 0. The molecule has 0 unspecified atom stereocenters. The van der Waals surface area contributed by atoms with Crippen molar-refractivity contribution in [3.05, 3.63) is 58.7 Å². The third kappa shape index (κ3) is 5.33. The number of carbonyl (C=O) groups excluding carboxylic acids is 1. The van der Waals surface area contributed by atoms with Gasteiger partial charge < -0.3 is 15.2 Å². The van der Waals surface area contributed by atoms with E-state index in [1.54, 1.807) is 0 Å². The Morgan fingerprint density at radius 1 is 1.12 bits per heavy atom. The molecule has 0 aliphatic heterocycles. The molecule has 134 valence electrons. The Labute approximate surface area is 150 Å². The van der Waals surface area contributed by atoms with Crippen molar-refractivity contribution in [3.63, 3.8) is 0 Å². The predicted molar refractivity (Wildman–Crippen MR) is 100 cm³/mol. The summed E-state index contributed by atoms with van der Waals surface area (Å²) in [5.41, 5.74) is 10.5. The number of aryl methyl sites for hydroxylation is 3. The smallest absolute Gasteiger partial charge is 0.305 e. The first-order valence-electron chi connectivity index (χ1n) is 8.66. The van der Waals surface area contributed by atoms with Gasteiger partial charge in [0.1, 0.15) is 11.5 Å². The van der Waals surface area contributed by atoms with Gasteiger partial charge in [-0.3, -0.25) is 4.79 Å². The fourth-order valence-electron chi connectivity index (χ4n) is 2.81. The zero-order valence-corrected chi connectivity index (χ0v) is 15.5. The third-order valence-electron chi connectivity index (χ3n) is 4.22. The van der Waals surface area contributed by atoms with Crippen molar-refractivity contribution in [3.8, 4) is 11.5 Å². The SMILES string of the molecule is CCc1cc(Oc2cc(C)cc([C@@H](C)N)c2)ccc1CCC(=O)OC. The van der Waals surface area contributed by atoms with Crippen LogP contribution in [0, 0.1) is 6.92 Å². The Balaban J connectivity index is 2.19. The third-order valence-corrected chi connectivity index (χ3v) is 4.22. The summed E-state index contributed by atoms with van der Waals surface area (Å²) in [6.45, 7) is 6.09. The summed E-state index contributed by atoms with van der Waals surface area (Å²) >= 11 is 0. The van der Waals surface area contributed by atoms with Crippen molar-refractivity contribution in [2.45, 2.75) is 46.1 Å². The second kappa shape index (κ2) is 8.67. The van der Waals surface area contributed by atoms with Crippen LogP contribution < -0.4 is 10.5 Å². The van der Waals surface area contributed by atoms with Gasteiger partial charge in [-0.15, -0.1) is 0 Å². The summed E-state index contributed by atoms with van der Waals surface area (Å²) < 4.78 is 10.8. The minimum atomic E-state index is -0.189. The van der Waals surface area contributed by atoms with Crippen molar-refractivity contribution >= 4 is 5.97 Å². The van der Waals surface area contributed by atoms with E-state index in [0.717, 1.165) is 34.6 Å². The molecular formula is C21H27NO3. The number of hydrogen-bond donors (Lipinski definition) is 1. The lowest BCUT2D eigenvalue weighted by atomic mass is 10.0. The molecule has 0 spiro atoms. The van der Waals surface area contributed by atoms with Crippen LogP contribution in [-0.4, -0.2) is 13.1 Å². The van der Waals surface area contributed by atoms with Gasteiger partial charge in [-0.1, -0.05) is 19.1 Å². The Morgan fingerprint density at radius 3 is 2.52 bits per heavy atom. The van der Waals surface area contributed by atoms with Gasteiger partial charge >= 0.3 is 5.97 Å². The molecule has 0 saturated carbocycles. The number of hydrogen-bond acceptors (Lipinski definition) is 4. The van der Waals surface area contributed by atoms with E-state index in [0.29, 0.717) is 12.8 Å². The molecule has 25 heavy (non-hydrogen) atoms. The van der Waals surface area contributed by atoms with Crippen LogP contribution >= 0.6 is 0 Å². The molecule has 0 aromatic heterocycles. The maximum Gasteiger partial charge on any atom is 0.305 e. The van der Waals surface area contributed by atoms with Crippen molar-refractivity contribution in [1.29, 1.82) is 0 Å². The van der Waals surface area contributed by atoms with Crippen LogP contribution in [0.15, 0.2) is 36.4 Å². The largest absolute Gasteiger partial charge is 0.469 e. The molecule has 0 bridgehead atoms. The van der Waals surface area contributed by atoms with Gasteiger partial charge in [0.25, 0.3) is 0 Å². The summed E-state index contributed by atoms with van der Waals surface area (Å²) in [7, 11) is 1.41. The van der Waals surface area contributed by atoms with E-state index < -0.39 is 0 Å². The molecule has 0 saturated heterocycles. The summed E-state index contributed by atoms with van der Waals surface area (Å²) in [6.07, 6.45) is 1.95. The van der Waals surface area contributed by atoms with Crippen LogP contribution in [0.2, 0.25) is 0 Å². The number of rotatable bonds is 7. The molecule has 4 nitrogen and oxygen atoms in total. The molecule has 0 aliphatic rings. The van der Waals surface area contributed by atoms with Crippen molar-refractivity contribution in [2.24, 2.45) is 5.73 Å². The van der Waals surface area contributed by atoms with Crippen LogP contribution in [0.25, 0.3) is 0 Å². The average Bonchev–Trinajstić information content (AvgIpc) is 2.59. The number of nitrogens with two attached hydrogens (primary N) is 1. The zero-order valence-electron chi connectivity index (χ0n) is 15.5. The fraction of sp³-hybridized carbons (Fsp3) is 0.381. The lowest BCUT2D eigenvalue weighted by Gasteiger charge is -2.14. The number of esters is 1. The molecule has 0 fully saturated rings. The van der Waals surface area contributed by atoms with Crippen molar-refractivity contribution < 1.29 is 14.3 Å². The van der Waals surface area contributed by atoms with Crippen LogP contribution in [-0.2, 0) is 22.4 Å². The van der Waals surface area contributed by atoms with Gasteiger partial charge in [0.05, 0.1) is 7.11 Å². The van der Waals surface area contributed by atoms with Gasteiger partial charge in [-0.05, 0) is 73.2 Å². The number of ether oxygens (including phenoxy) is 2. The van der Waals surface area contributed by atoms with Gasteiger partial charge in [-0.25, -0.2) is 0 Å². The van der Waals surface area contributed by atoms with Crippen molar-refractivity contribution in [2.75, 3.05) is 7.11 Å². The molecule has 2 aromatic carbocycles. The molecule has 0 heterocycles. The minimum absolute atomic E-state index is 0.0332. The van der Waals surface area contributed by atoms with Crippen LogP contribution in [0.3, 0.4) is 0 Å². The van der Waals surface area contributed by atoms with Gasteiger partial charge in [0.15, 0.2) is 0 Å².